The first kappa shape index (κ1) is 47.7. The van der Waals surface area contributed by atoms with Crippen LogP contribution in [-0.2, 0) is 0 Å². The smallest absolute Gasteiger partial charge is 0.0786 e. The van der Waals surface area contributed by atoms with Crippen LogP contribution in [0.3, 0.4) is 0 Å². The number of nitrogens with zero attached hydrogens (tertiary/aromatic N) is 2. The van der Waals surface area contributed by atoms with Crippen LogP contribution in [0.25, 0.3) is 0 Å². The molecule has 8 heteroatoms. The second-order valence-corrected chi connectivity index (χ2v) is 12.4. The van der Waals surface area contributed by atoms with Gasteiger partial charge in [-0.25, -0.2) is 18.6 Å². The minimum atomic E-state index is -4.94. The lowest BCUT2D eigenvalue weighted by Crippen LogP contribution is -3.00. The minimum Gasteiger partial charge on any atom is -1.00 e. The van der Waals surface area contributed by atoms with Crippen LogP contribution in [0.4, 0.5) is 0 Å². The maximum Gasteiger partial charge on any atom is 0.0786 e. The van der Waals surface area contributed by atoms with Gasteiger partial charge >= 0.3 is 0 Å². The summed E-state index contributed by atoms with van der Waals surface area (Å²) in [6.45, 7) is 30.0. The van der Waals surface area contributed by atoms with Crippen molar-refractivity contribution in [1.29, 1.82) is 0 Å². The van der Waals surface area contributed by atoms with Gasteiger partial charge in [0.25, 0.3) is 0 Å². The van der Waals surface area contributed by atoms with Gasteiger partial charge < -0.3 is 32.9 Å². The standard InChI is InChI=1S/2C16H36N.ClHO4.HI/c2*1-5-9-13-17(14-10-6-2,15-11-7-3)16-12-8-4;2-1(3,4)5;/h2*5-16H2,1-4H3;(H,2,3,4,5);1H/q2*+1;;/p-2. The van der Waals surface area contributed by atoms with E-state index in [9.17, 15) is 0 Å². The number of hydrogen-bond acceptors (Lipinski definition) is 4. The summed E-state index contributed by atoms with van der Waals surface area (Å²) >= 11 is 0. The van der Waals surface area contributed by atoms with Gasteiger partial charge in [0.15, 0.2) is 0 Å². The lowest BCUT2D eigenvalue weighted by molar-refractivity contribution is -2.00. The number of halogens is 2. The lowest BCUT2D eigenvalue weighted by Gasteiger charge is -2.39. The fourth-order valence-corrected chi connectivity index (χ4v) is 5.29. The molecule has 0 fully saturated rings. The summed E-state index contributed by atoms with van der Waals surface area (Å²) in [6, 6.07) is 0. The minimum absolute atomic E-state index is 0. The molecule has 6 nitrogen and oxygen atoms in total. The summed E-state index contributed by atoms with van der Waals surface area (Å²) in [5, 5.41) is 0. The Balaban J connectivity index is -0.000000271. The SMILES string of the molecule is CCCC[N+](CCCC)(CCCC)CCCC.CCCC[N+](CCCC)(CCCC)CCCC.[I-].[O-][Cl+3]([O-])([O-])[O-]. The highest BCUT2D eigenvalue weighted by Gasteiger charge is 2.25. The first-order valence-electron chi connectivity index (χ1n) is 16.8. The molecular weight excluding hydrogens is 639 g/mol. The average molecular weight is 711 g/mol. The molecular formula is C32H72ClIN2O4. The van der Waals surface area contributed by atoms with Crippen molar-refractivity contribution in [3.63, 3.8) is 0 Å². The number of rotatable bonds is 24. The van der Waals surface area contributed by atoms with Gasteiger partial charge in [-0.3, -0.25) is 0 Å². The summed E-state index contributed by atoms with van der Waals surface area (Å²) in [5.74, 6) is 0. The predicted molar refractivity (Wildman–Crippen MR) is 159 cm³/mol. The molecule has 0 amide bonds. The zero-order valence-electron chi connectivity index (χ0n) is 28.3. The van der Waals surface area contributed by atoms with Crippen LogP contribution in [0, 0.1) is 10.2 Å². The van der Waals surface area contributed by atoms with Crippen LogP contribution < -0.4 is 42.6 Å². The summed E-state index contributed by atoms with van der Waals surface area (Å²) in [4.78, 5) is 0. The van der Waals surface area contributed by atoms with E-state index < -0.39 is 10.2 Å². The van der Waals surface area contributed by atoms with Crippen LogP contribution in [0.1, 0.15) is 158 Å². The normalized spacial score (nSPS) is 11.7. The summed E-state index contributed by atoms with van der Waals surface area (Å²) < 4.78 is 36.8. The van der Waals surface area contributed by atoms with Crippen molar-refractivity contribution in [2.45, 2.75) is 158 Å². The molecule has 0 radical (unpaired) electrons. The second-order valence-electron chi connectivity index (χ2n) is 11.7. The third-order valence-electron chi connectivity index (χ3n) is 7.89. The summed E-state index contributed by atoms with van der Waals surface area (Å²) in [5.41, 5.74) is 0. The van der Waals surface area contributed by atoms with Crippen molar-refractivity contribution < 1.29 is 61.8 Å². The van der Waals surface area contributed by atoms with Crippen molar-refractivity contribution in [3.05, 3.63) is 0 Å². The Morgan fingerprint density at radius 3 is 0.500 bits per heavy atom. The first-order chi connectivity index (χ1) is 18.5. The molecule has 0 saturated carbocycles. The molecule has 0 rings (SSSR count). The van der Waals surface area contributed by atoms with Crippen molar-refractivity contribution in [3.8, 4) is 0 Å². The topological polar surface area (TPSA) is 92.2 Å². The molecule has 0 bridgehead atoms. The molecule has 0 spiro atoms. The van der Waals surface area contributed by atoms with Crippen molar-refractivity contribution >= 4 is 0 Å². The summed E-state index contributed by atoms with van der Waals surface area (Å²) in [6.07, 6.45) is 22.1. The van der Waals surface area contributed by atoms with Gasteiger partial charge in [-0.05, 0) is 51.4 Å². The van der Waals surface area contributed by atoms with Crippen LogP contribution in [0.2, 0.25) is 0 Å². The van der Waals surface area contributed by atoms with E-state index in [1.807, 2.05) is 0 Å². The molecule has 0 aliphatic rings. The third-order valence-corrected chi connectivity index (χ3v) is 7.89. The van der Waals surface area contributed by atoms with E-state index in [2.05, 4.69) is 55.4 Å². The van der Waals surface area contributed by atoms with Crippen molar-refractivity contribution in [1.82, 2.24) is 0 Å². The average Bonchev–Trinajstić information content (AvgIpc) is 2.91. The van der Waals surface area contributed by atoms with Crippen LogP contribution in [0.5, 0.6) is 0 Å². The Morgan fingerprint density at radius 1 is 0.325 bits per heavy atom. The zero-order chi connectivity index (χ0) is 30.5. The molecule has 0 aromatic carbocycles. The van der Waals surface area contributed by atoms with E-state index in [-0.39, 0.29) is 24.0 Å². The second kappa shape index (κ2) is 32.7. The molecule has 0 aromatic rings. The Bertz CT molecular complexity index is 365. The van der Waals surface area contributed by atoms with Crippen LogP contribution in [0.15, 0.2) is 0 Å². The maximum absolute atomic E-state index is 8.49. The zero-order valence-corrected chi connectivity index (χ0v) is 31.2. The molecule has 0 saturated heterocycles. The van der Waals surface area contributed by atoms with Gasteiger partial charge in [-0.1, -0.05) is 107 Å². The largest absolute Gasteiger partial charge is 1.00 e. The van der Waals surface area contributed by atoms with E-state index in [1.54, 1.807) is 0 Å². The van der Waals surface area contributed by atoms with Gasteiger partial charge in [0.2, 0.25) is 0 Å². The third kappa shape index (κ3) is 33.3. The predicted octanol–water partition coefficient (Wildman–Crippen LogP) is 2.26. The Morgan fingerprint density at radius 2 is 0.425 bits per heavy atom. The van der Waals surface area contributed by atoms with Gasteiger partial charge in [-0.15, -0.1) is 10.2 Å². The molecule has 0 unspecified atom stereocenters. The van der Waals surface area contributed by atoms with Crippen LogP contribution in [-0.4, -0.2) is 61.3 Å². The number of quaternary nitrogens is 2. The fourth-order valence-electron chi connectivity index (χ4n) is 5.29. The van der Waals surface area contributed by atoms with E-state index in [1.165, 1.54) is 164 Å². The fraction of sp³-hybridized carbons (Fsp3) is 1.00. The molecule has 0 aliphatic carbocycles. The number of unbranched alkanes of at least 4 members (excludes halogenated alkanes) is 8. The van der Waals surface area contributed by atoms with Crippen LogP contribution >= 0.6 is 0 Å². The van der Waals surface area contributed by atoms with E-state index in [4.69, 9.17) is 18.6 Å². The monoisotopic (exact) mass is 710 g/mol. The Labute approximate surface area is 271 Å². The molecule has 0 N–H and O–H groups in total. The Kier molecular flexibility index (Phi) is 39.0. The van der Waals surface area contributed by atoms with Crippen molar-refractivity contribution in [2.24, 2.45) is 0 Å². The molecule has 0 atom stereocenters. The lowest BCUT2D eigenvalue weighted by atomic mass is 10.1. The van der Waals surface area contributed by atoms with E-state index >= 15 is 0 Å². The van der Waals surface area contributed by atoms with E-state index in [0.717, 1.165) is 0 Å². The van der Waals surface area contributed by atoms with E-state index in [0.29, 0.717) is 0 Å². The van der Waals surface area contributed by atoms with Crippen molar-refractivity contribution in [2.75, 3.05) is 52.4 Å². The quantitative estimate of drug-likeness (QED) is 0.114. The van der Waals surface area contributed by atoms with Gasteiger partial charge in [0.1, 0.15) is 0 Å². The molecule has 248 valence electrons. The molecule has 0 heterocycles. The number of hydrogen-bond donors (Lipinski definition) is 0. The Hall–Kier alpha value is 0.780. The maximum atomic E-state index is 8.49. The van der Waals surface area contributed by atoms with Gasteiger partial charge in [0, 0.05) is 0 Å². The first-order valence-corrected chi connectivity index (χ1v) is 18.0. The molecule has 0 aromatic heterocycles. The molecule has 40 heavy (non-hydrogen) atoms. The highest BCUT2D eigenvalue weighted by atomic mass is 127. The molecule has 0 aliphatic heterocycles. The summed E-state index contributed by atoms with van der Waals surface area (Å²) in [7, 11) is -4.94. The van der Waals surface area contributed by atoms with Gasteiger partial charge in [0.05, 0.1) is 52.4 Å². The van der Waals surface area contributed by atoms with Gasteiger partial charge in [-0.2, -0.15) is 0 Å². The highest BCUT2D eigenvalue weighted by molar-refractivity contribution is 4.50. The highest BCUT2D eigenvalue weighted by Crippen LogP contribution is 2.17.